The summed E-state index contributed by atoms with van der Waals surface area (Å²) in [4.78, 5) is 46.7. The molecule has 1 heterocycles. The van der Waals surface area contributed by atoms with Gasteiger partial charge < -0.3 is 10.6 Å². The fourth-order valence-corrected chi connectivity index (χ4v) is 2.11. The van der Waals surface area contributed by atoms with Gasteiger partial charge in [-0.1, -0.05) is 12.1 Å². The van der Waals surface area contributed by atoms with E-state index in [1.807, 2.05) is 0 Å². The van der Waals surface area contributed by atoms with E-state index >= 15 is 0 Å². The van der Waals surface area contributed by atoms with Crippen molar-refractivity contribution in [1.29, 1.82) is 0 Å². The van der Waals surface area contributed by atoms with E-state index in [1.54, 1.807) is 31.3 Å². The molecule has 1 aromatic carbocycles. The molecule has 0 aliphatic carbocycles. The van der Waals surface area contributed by atoms with Crippen LogP contribution >= 0.6 is 0 Å². The summed E-state index contributed by atoms with van der Waals surface area (Å²) in [5.74, 6) is -0.582. The van der Waals surface area contributed by atoms with Crippen molar-refractivity contribution >= 4 is 11.8 Å². The third-order valence-corrected chi connectivity index (χ3v) is 3.48. The van der Waals surface area contributed by atoms with Crippen LogP contribution in [0.25, 0.3) is 0 Å². The number of nitrogens with one attached hydrogen (secondary N) is 2. The summed E-state index contributed by atoms with van der Waals surface area (Å²) in [6.07, 6.45) is 1.29. The standard InChI is InChI=1S/C16H18N4O4/c1-17-15(23)12-5-3-4-11(8-12)9-18-13(21)10-20-7-6-14(22)19(2)16(20)24/h3-8H,9-10H2,1-2H3,(H,17,23)(H,18,21). The Kier molecular flexibility index (Phi) is 5.31. The number of amides is 2. The number of benzene rings is 1. The molecule has 0 aliphatic rings. The normalized spacial score (nSPS) is 10.2. The number of hydrogen-bond acceptors (Lipinski definition) is 4. The van der Waals surface area contributed by atoms with Crippen LogP contribution in [0.3, 0.4) is 0 Å². The fourth-order valence-electron chi connectivity index (χ4n) is 2.11. The highest BCUT2D eigenvalue weighted by Crippen LogP contribution is 2.05. The SMILES string of the molecule is CNC(=O)c1cccc(CNC(=O)Cn2ccc(=O)n(C)c2=O)c1. The zero-order valence-corrected chi connectivity index (χ0v) is 13.4. The first kappa shape index (κ1) is 17.2. The molecular weight excluding hydrogens is 312 g/mol. The Morgan fingerprint density at radius 1 is 1.17 bits per heavy atom. The minimum atomic E-state index is -0.556. The molecule has 8 nitrogen and oxygen atoms in total. The number of carbonyl (C=O) groups is 2. The molecule has 2 N–H and O–H groups in total. The predicted octanol–water partition coefficient (Wildman–Crippen LogP) is -0.777. The van der Waals surface area contributed by atoms with Gasteiger partial charge in [0, 0.05) is 38.5 Å². The minimum Gasteiger partial charge on any atom is -0.355 e. The van der Waals surface area contributed by atoms with Crippen LogP contribution in [0.2, 0.25) is 0 Å². The lowest BCUT2D eigenvalue weighted by atomic mass is 10.1. The first-order valence-corrected chi connectivity index (χ1v) is 7.26. The summed E-state index contributed by atoms with van der Waals surface area (Å²) in [6.45, 7) is 0.0340. The van der Waals surface area contributed by atoms with Crippen molar-refractivity contribution in [3.63, 3.8) is 0 Å². The largest absolute Gasteiger partial charge is 0.355 e. The van der Waals surface area contributed by atoms with Crippen LogP contribution in [-0.2, 0) is 24.9 Å². The monoisotopic (exact) mass is 330 g/mol. The number of nitrogens with zero attached hydrogens (tertiary/aromatic N) is 2. The van der Waals surface area contributed by atoms with Gasteiger partial charge in [-0.2, -0.15) is 0 Å². The van der Waals surface area contributed by atoms with Crippen molar-refractivity contribution in [2.45, 2.75) is 13.1 Å². The molecule has 1 aromatic heterocycles. The highest BCUT2D eigenvalue weighted by atomic mass is 16.2. The average Bonchev–Trinajstić information content (AvgIpc) is 2.60. The summed E-state index contributed by atoms with van der Waals surface area (Å²) in [5, 5.41) is 5.21. The van der Waals surface area contributed by atoms with Crippen molar-refractivity contribution in [3.05, 3.63) is 68.5 Å². The lowest BCUT2D eigenvalue weighted by Crippen LogP contribution is -2.40. The number of rotatable bonds is 5. The van der Waals surface area contributed by atoms with Crippen LogP contribution in [0.1, 0.15) is 15.9 Å². The van der Waals surface area contributed by atoms with Gasteiger partial charge in [-0.15, -0.1) is 0 Å². The molecule has 0 spiro atoms. The maximum atomic E-state index is 12.0. The number of hydrogen-bond donors (Lipinski definition) is 2. The number of carbonyl (C=O) groups excluding carboxylic acids is 2. The molecule has 0 radical (unpaired) electrons. The van der Waals surface area contributed by atoms with Gasteiger partial charge in [-0.05, 0) is 17.7 Å². The lowest BCUT2D eigenvalue weighted by Gasteiger charge is -2.09. The Morgan fingerprint density at radius 2 is 1.92 bits per heavy atom. The second-order valence-corrected chi connectivity index (χ2v) is 5.18. The van der Waals surface area contributed by atoms with E-state index in [-0.39, 0.29) is 24.9 Å². The van der Waals surface area contributed by atoms with Gasteiger partial charge in [0.2, 0.25) is 5.91 Å². The van der Waals surface area contributed by atoms with Gasteiger partial charge in [-0.25, -0.2) is 4.79 Å². The van der Waals surface area contributed by atoms with E-state index in [1.165, 1.54) is 19.3 Å². The predicted molar refractivity (Wildman–Crippen MR) is 87.6 cm³/mol. The third kappa shape index (κ3) is 3.97. The summed E-state index contributed by atoms with van der Waals surface area (Å²) in [7, 11) is 2.89. The molecule has 0 unspecified atom stereocenters. The average molecular weight is 330 g/mol. The van der Waals surface area contributed by atoms with Gasteiger partial charge in [0.1, 0.15) is 6.54 Å². The van der Waals surface area contributed by atoms with Crippen LogP contribution in [0.15, 0.2) is 46.1 Å². The van der Waals surface area contributed by atoms with E-state index in [9.17, 15) is 19.2 Å². The smallest absolute Gasteiger partial charge is 0.331 e. The van der Waals surface area contributed by atoms with Crippen molar-refractivity contribution in [2.75, 3.05) is 7.05 Å². The first-order valence-electron chi connectivity index (χ1n) is 7.26. The molecule has 8 heteroatoms. The zero-order valence-electron chi connectivity index (χ0n) is 13.4. The lowest BCUT2D eigenvalue weighted by molar-refractivity contribution is -0.121. The van der Waals surface area contributed by atoms with Gasteiger partial charge in [0.05, 0.1) is 0 Å². The Labute approximate surface area is 137 Å². The molecule has 2 aromatic rings. The first-order chi connectivity index (χ1) is 11.4. The Morgan fingerprint density at radius 3 is 2.62 bits per heavy atom. The van der Waals surface area contributed by atoms with Gasteiger partial charge in [-0.3, -0.25) is 23.5 Å². The molecule has 2 amide bonds. The van der Waals surface area contributed by atoms with Gasteiger partial charge >= 0.3 is 5.69 Å². The van der Waals surface area contributed by atoms with Crippen molar-refractivity contribution in [1.82, 2.24) is 19.8 Å². The second-order valence-electron chi connectivity index (χ2n) is 5.18. The second kappa shape index (κ2) is 7.40. The molecule has 0 saturated heterocycles. The van der Waals surface area contributed by atoms with Gasteiger partial charge in [0.15, 0.2) is 0 Å². The topological polar surface area (TPSA) is 102 Å². The highest BCUT2D eigenvalue weighted by molar-refractivity contribution is 5.94. The Bertz CT molecular complexity index is 882. The Hall–Kier alpha value is -3.16. The van der Waals surface area contributed by atoms with E-state index < -0.39 is 11.2 Å². The quantitative estimate of drug-likeness (QED) is 0.751. The van der Waals surface area contributed by atoms with Crippen LogP contribution in [0.5, 0.6) is 0 Å². The molecule has 126 valence electrons. The van der Waals surface area contributed by atoms with Crippen LogP contribution in [-0.4, -0.2) is 28.0 Å². The maximum absolute atomic E-state index is 12.0. The third-order valence-electron chi connectivity index (χ3n) is 3.48. The minimum absolute atomic E-state index is 0.192. The summed E-state index contributed by atoms with van der Waals surface area (Å²) >= 11 is 0. The molecular formula is C16H18N4O4. The van der Waals surface area contributed by atoms with E-state index in [0.717, 1.165) is 14.7 Å². The summed E-state index contributed by atoms with van der Waals surface area (Å²) in [5.41, 5.74) is 0.276. The van der Waals surface area contributed by atoms with Gasteiger partial charge in [0.25, 0.3) is 11.5 Å². The van der Waals surface area contributed by atoms with E-state index in [2.05, 4.69) is 10.6 Å². The molecule has 0 bridgehead atoms. The number of aromatic nitrogens is 2. The van der Waals surface area contributed by atoms with Crippen molar-refractivity contribution in [3.8, 4) is 0 Å². The summed E-state index contributed by atoms with van der Waals surface area (Å²) < 4.78 is 2.08. The zero-order chi connectivity index (χ0) is 17.7. The molecule has 24 heavy (non-hydrogen) atoms. The van der Waals surface area contributed by atoms with E-state index in [4.69, 9.17) is 0 Å². The highest BCUT2D eigenvalue weighted by Gasteiger charge is 2.08. The molecule has 0 saturated carbocycles. The van der Waals surface area contributed by atoms with E-state index in [0.29, 0.717) is 5.56 Å². The van der Waals surface area contributed by atoms with Crippen LogP contribution in [0.4, 0.5) is 0 Å². The van der Waals surface area contributed by atoms with Crippen molar-refractivity contribution < 1.29 is 9.59 Å². The summed E-state index contributed by atoms with van der Waals surface area (Å²) in [6, 6.07) is 8.09. The van der Waals surface area contributed by atoms with Crippen LogP contribution in [0, 0.1) is 0 Å². The molecule has 0 aliphatic heterocycles. The maximum Gasteiger partial charge on any atom is 0.331 e. The Balaban J connectivity index is 2.02. The molecule has 0 fully saturated rings. The van der Waals surface area contributed by atoms with Crippen molar-refractivity contribution in [2.24, 2.45) is 7.05 Å². The fraction of sp³-hybridized carbons (Fsp3) is 0.250. The molecule has 0 atom stereocenters. The van der Waals surface area contributed by atoms with Crippen LogP contribution < -0.4 is 21.9 Å². The molecule has 2 rings (SSSR count).